The third kappa shape index (κ3) is 3.23. The lowest BCUT2D eigenvalue weighted by molar-refractivity contribution is 0.494. The average Bonchev–Trinajstić information content (AvgIpc) is 2.94. The normalized spacial score (nSPS) is 14.1. The molecule has 0 aliphatic carbocycles. The van der Waals surface area contributed by atoms with Crippen LogP contribution in [0.15, 0.2) is 24.5 Å². The van der Waals surface area contributed by atoms with E-state index in [1.54, 1.807) is 11.0 Å². The summed E-state index contributed by atoms with van der Waals surface area (Å²) in [7, 11) is 0. The Labute approximate surface area is 118 Å². The quantitative estimate of drug-likeness (QED) is 0.913. The van der Waals surface area contributed by atoms with E-state index in [0.29, 0.717) is 17.0 Å². The van der Waals surface area contributed by atoms with Crippen LogP contribution in [0.1, 0.15) is 27.2 Å². The number of rotatable bonds is 5. The molecule has 2 atom stereocenters. The van der Waals surface area contributed by atoms with Crippen LogP contribution in [0, 0.1) is 5.92 Å². The first kappa shape index (κ1) is 13.8. The molecule has 0 radical (unpaired) electrons. The molecule has 1 aromatic carbocycles. The molecule has 0 saturated carbocycles. The van der Waals surface area contributed by atoms with E-state index in [2.05, 4.69) is 41.6 Å². The highest BCUT2D eigenvalue weighted by molar-refractivity contribution is 6.33. The van der Waals surface area contributed by atoms with Gasteiger partial charge in [0.05, 0.1) is 16.4 Å². The summed E-state index contributed by atoms with van der Waals surface area (Å²) < 4.78 is 1.61. The van der Waals surface area contributed by atoms with Crippen molar-refractivity contribution >= 4 is 17.3 Å². The second-order valence-electron chi connectivity index (χ2n) is 4.74. The van der Waals surface area contributed by atoms with Gasteiger partial charge in [-0.2, -0.15) is 0 Å². The van der Waals surface area contributed by atoms with Crippen molar-refractivity contribution in [3.8, 4) is 5.69 Å². The molecule has 19 heavy (non-hydrogen) atoms. The molecule has 5 nitrogen and oxygen atoms in total. The minimum Gasteiger partial charge on any atom is -0.381 e. The minimum absolute atomic E-state index is 0.353. The lowest BCUT2D eigenvalue weighted by Gasteiger charge is -2.22. The van der Waals surface area contributed by atoms with E-state index in [9.17, 15) is 0 Å². The smallest absolute Gasteiger partial charge is 0.143 e. The molecule has 0 fully saturated rings. The predicted octanol–water partition coefficient (Wildman–Crippen LogP) is 3.16. The highest BCUT2D eigenvalue weighted by atomic mass is 35.5. The van der Waals surface area contributed by atoms with Crippen LogP contribution < -0.4 is 5.32 Å². The summed E-state index contributed by atoms with van der Waals surface area (Å²) in [6.45, 7) is 6.56. The number of benzene rings is 1. The van der Waals surface area contributed by atoms with Crippen molar-refractivity contribution in [1.82, 2.24) is 20.2 Å². The van der Waals surface area contributed by atoms with Crippen LogP contribution in [0.5, 0.6) is 0 Å². The standard InChI is InChI=1S/C13H18ClN5/c1-4-9(2)10(3)16-13-7-11(5-6-12(13)14)19-8-15-17-18-19/h5-10,16H,4H2,1-3H3. The Morgan fingerprint density at radius 3 is 2.79 bits per heavy atom. The molecule has 0 saturated heterocycles. The summed E-state index contributed by atoms with van der Waals surface area (Å²) in [6.07, 6.45) is 2.68. The monoisotopic (exact) mass is 279 g/mol. The van der Waals surface area contributed by atoms with Gasteiger partial charge in [-0.05, 0) is 41.5 Å². The molecule has 1 heterocycles. The third-order valence-electron chi connectivity index (χ3n) is 3.44. The maximum atomic E-state index is 6.23. The minimum atomic E-state index is 0.353. The van der Waals surface area contributed by atoms with E-state index in [4.69, 9.17) is 11.6 Å². The first-order valence-corrected chi connectivity index (χ1v) is 6.79. The van der Waals surface area contributed by atoms with Crippen LogP contribution in [-0.2, 0) is 0 Å². The molecule has 2 aromatic rings. The Morgan fingerprint density at radius 1 is 1.37 bits per heavy atom. The molecule has 0 aliphatic rings. The molecule has 102 valence electrons. The fourth-order valence-corrected chi connectivity index (χ4v) is 1.96. The number of tetrazole rings is 1. The SMILES string of the molecule is CCC(C)C(C)Nc1cc(-n2cnnn2)ccc1Cl. The second kappa shape index (κ2) is 6.02. The van der Waals surface area contributed by atoms with Crippen LogP contribution in [0.4, 0.5) is 5.69 Å². The Balaban J connectivity index is 2.23. The fraction of sp³-hybridized carbons (Fsp3) is 0.462. The van der Waals surface area contributed by atoms with E-state index >= 15 is 0 Å². The number of halogens is 1. The molecule has 2 unspecified atom stereocenters. The van der Waals surface area contributed by atoms with E-state index in [-0.39, 0.29) is 0 Å². The summed E-state index contributed by atoms with van der Waals surface area (Å²) in [5.41, 5.74) is 1.79. The molecule has 2 rings (SSSR count). The van der Waals surface area contributed by atoms with Crippen LogP contribution >= 0.6 is 11.6 Å². The van der Waals surface area contributed by atoms with E-state index < -0.39 is 0 Å². The van der Waals surface area contributed by atoms with Gasteiger partial charge in [-0.25, -0.2) is 4.68 Å². The van der Waals surface area contributed by atoms with Gasteiger partial charge in [-0.15, -0.1) is 5.10 Å². The molecule has 1 N–H and O–H groups in total. The first-order valence-electron chi connectivity index (χ1n) is 6.41. The van der Waals surface area contributed by atoms with E-state index in [0.717, 1.165) is 17.8 Å². The molecule has 0 bridgehead atoms. The van der Waals surface area contributed by atoms with Crippen LogP contribution in [-0.4, -0.2) is 26.2 Å². The predicted molar refractivity (Wildman–Crippen MR) is 76.7 cm³/mol. The number of hydrogen-bond donors (Lipinski definition) is 1. The maximum absolute atomic E-state index is 6.23. The van der Waals surface area contributed by atoms with Gasteiger partial charge in [0.1, 0.15) is 6.33 Å². The van der Waals surface area contributed by atoms with Crippen molar-refractivity contribution in [2.75, 3.05) is 5.32 Å². The average molecular weight is 280 g/mol. The van der Waals surface area contributed by atoms with Gasteiger partial charge in [0.2, 0.25) is 0 Å². The zero-order chi connectivity index (χ0) is 13.8. The van der Waals surface area contributed by atoms with E-state index in [1.165, 1.54) is 0 Å². The maximum Gasteiger partial charge on any atom is 0.143 e. The van der Waals surface area contributed by atoms with Crippen molar-refractivity contribution in [3.63, 3.8) is 0 Å². The Morgan fingerprint density at radius 2 is 2.16 bits per heavy atom. The summed E-state index contributed by atoms with van der Waals surface area (Å²) in [5, 5.41) is 15.3. The van der Waals surface area contributed by atoms with E-state index in [1.807, 2.05) is 18.2 Å². The molecule has 0 aliphatic heterocycles. The van der Waals surface area contributed by atoms with Crippen molar-refractivity contribution in [1.29, 1.82) is 0 Å². The van der Waals surface area contributed by atoms with Gasteiger partial charge in [0.25, 0.3) is 0 Å². The number of hydrogen-bond acceptors (Lipinski definition) is 4. The Kier molecular flexibility index (Phi) is 4.37. The zero-order valence-corrected chi connectivity index (χ0v) is 12.1. The van der Waals surface area contributed by atoms with Gasteiger partial charge in [0.15, 0.2) is 0 Å². The number of nitrogens with zero attached hydrogens (tertiary/aromatic N) is 4. The largest absolute Gasteiger partial charge is 0.381 e. The van der Waals surface area contributed by atoms with Crippen molar-refractivity contribution in [3.05, 3.63) is 29.5 Å². The summed E-state index contributed by atoms with van der Waals surface area (Å²) in [6, 6.07) is 6.05. The van der Waals surface area contributed by atoms with Crippen LogP contribution in [0.3, 0.4) is 0 Å². The lowest BCUT2D eigenvalue weighted by Crippen LogP contribution is -2.23. The zero-order valence-electron chi connectivity index (χ0n) is 11.3. The lowest BCUT2D eigenvalue weighted by atomic mass is 10.0. The first-order chi connectivity index (χ1) is 9.11. The fourth-order valence-electron chi connectivity index (χ4n) is 1.79. The van der Waals surface area contributed by atoms with Crippen molar-refractivity contribution in [2.45, 2.75) is 33.2 Å². The third-order valence-corrected chi connectivity index (χ3v) is 3.77. The molecule has 1 aromatic heterocycles. The van der Waals surface area contributed by atoms with Crippen LogP contribution in [0.25, 0.3) is 5.69 Å². The number of aromatic nitrogens is 4. The van der Waals surface area contributed by atoms with Gasteiger partial charge in [0, 0.05) is 6.04 Å². The van der Waals surface area contributed by atoms with Gasteiger partial charge in [-0.1, -0.05) is 31.9 Å². The summed E-state index contributed by atoms with van der Waals surface area (Å²) in [4.78, 5) is 0. The van der Waals surface area contributed by atoms with Crippen LogP contribution in [0.2, 0.25) is 5.02 Å². The van der Waals surface area contributed by atoms with Gasteiger partial charge < -0.3 is 5.32 Å². The molecular formula is C13H18ClN5. The second-order valence-corrected chi connectivity index (χ2v) is 5.14. The Bertz CT molecular complexity index is 526. The number of anilines is 1. The van der Waals surface area contributed by atoms with Crippen molar-refractivity contribution in [2.24, 2.45) is 5.92 Å². The molecule has 6 heteroatoms. The Hall–Kier alpha value is -1.62. The number of nitrogens with one attached hydrogen (secondary N) is 1. The highest BCUT2D eigenvalue weighted by Gasteiger charge is 2.12. The summed E-state index contributed by atoms with van der Waals surface area (Å²) >= 11 is 6.23. The molecule has 0 amide bonds. The van der Waals surface area contributed by atoms with Gasteiger partial charge in [-0.3, -0.25) is 0 Å². The molecule has 0 spiro atoms. The topological polar surface area (TPSA) is 55.6 Å². The highest BCUT2D eigenvalue weighted by Crippen LogP contribution is 2.26. The van der Waals surface area contributed by atoms with Crippen molar-refractivity contribution < 1.29 is 0 Å². The molecular weight excluding hydrogens is 262 g/mol. The van der Waals surface area contributed by atoms with Gasteiger partial charge >= 0.3 is 0 Å². The summed E-state index contributed by atoms with van der Waals surface area (Å²) in [5.74, 6) is 0.577.